The summed E-state index contributed by atoms with van der Waals surface area (Å²) in [7, 11) is 0. The maximum absolute atomic E-state index is 9.45. The molecular formula is C15H22BrNO. The number of hydrogen-bond donors (Lipinski definition) is 2. The highest BCUT2D eigenvalue weighted by Gasteiger charge is 2.19. The lowest BCUT2D eigenvalue weighted by Gasteiger charge is -2.28. The van der Waals surface area contributed by atoms with Gasteiger partial charge in [-0.3, -0.25) is 0 Å². The zero-order chi connectivity index (χ0) is 13.0. The molecule has 1 saturated carbocycles. The Morgan fingerprint density at radius 2 is 2.00 bits per heavy atom. The van der Waals surface area contributed by atoms with E-state index < -0.39 is 0 Å². The van der Waals surface area contributed by atoms with Crippen molar-refractivity contribution in [2.45, 2.75) is 51.6 Å². The SMILES string of the molecule is CCC1CCC(NCc2ccc(O)c(Br)c2)CC1. The van der Waals surface area contributed by atoms with E-state index in [4.69, 9.17) is 0 Å². The van der Waals surface area contributed by atoms with Crippen LogP contribution in [0, 0.1) is 5.92 Å². The molecule has 2 rings (SSSR count). The van der Waals surface area contributed by atoms with Crippen LogP contribution in [-0.4, -0.2) is 11.1 Å². The van der Waals surface area contributed by atoms with Crippen LogP contribution < -0.4 is 5.32 Å². The normalized spacial score (nSPS) is 24.1. The van der Waals surface area contributed by atoms with Crippen LogP contribution in [0.25, 0.3) is 0 Å². The van der Waals surface area contributed by atoms with Gasteiger partial charge in [0.2, 0.25) is 0 Å². The summed E-state index contributed by atoms with van der Waals surface area (Å²) in [5, 5.41) is 13.1. The van der Waals surface area contributed by atoms with Gasteiger partial charge in [-0.2, -0.15) is 0 Å². The Morgan fingerprint density at radius 1 is 1.28 bits per heavy atom. The van der Waals surface area contributed by atoms with Gasteiger partial charge in [-0.25, -0.2) is 0 Å². The van der Waals surface area contributed by atoms with Crippen LogP contribution >= 0.6 is 15.9 Å². The van der Waals surface area contributed by atoms with Gasteiger partial charge in [0.25, 0.3) is 0 Å². The highest BCUT2D eigenvalue weighted by molar-refractivity contribution is 9.10. The minimum Gasteiger partial charge on any atom is -0.507 e. The minimum atomic E-state index is 0.308. The van der Waals surface area contributed by atoms with Gasteiger partial charge in [0.1, 0.15) is 5.75 Å². The Labute approximate surface area is 118 Å². The Kier molecular flexibility index (Phi) is 5.07. The van der Waals surface area contributed by atoms with Gasteiger partial charge in [-0.15, -0.1) is 0 Å². The molecule has 2 N–H and O–H groups in total. The summed E-state index contributed by atoms with van der Waals surface area (Å²) in [6.07, 6.45) is 6.67. The number of rotatable bonds is 4. The number of halogens is 1. The zero-order valence-electron chi connectivity index (χ0n) is 11.0. The molecule has 0 atom stereocenters. The van der Waals surface area contributed by atoms with Crippen molar-refractivity contribution in [3.8, 4) is 5.75 Å². The first-order valence-electron chi connectivity index (χ1n) is 6.89. The molecule has 0 bridgehead atoms. The molecule has 1 aliphatic rings. The topological polar surface area (TPSA) is 32.3 Å². The van der Waals surface area contributed by atoms with Gasteiger partial charge in [-0.05, 0) is 65.2 Å². The highest BCUT2D eigenvalue weighted by atomic mass is 79.9. The summed E-state index contributed by atoms with van der Waals surface area (Å²) >= 11 is 3.35. The Hall–Kier alpha value is -0.540. The summed E-state index contributed by atoms with van der Waals surface area (Å²) in [6.45, 7) is 3.19. The molecule has 1 aromatic rings. The second kappa shape index (κ2) is 6.58. The van der Waals surface area contributed by atoms with E-state index in [1.54, 1.807) is 6.07 Å². The van der Waals surface area contributed by atoms with Crippen molar-refractivity contribution < 1.29 is 5.11 Å². The third-order valence-electron chi connectivity index (χ3n) is 4.03. The van der Waals surface area contributed by atoms with E-state index in [9.17, 15) is 5.11 Å². The molecule has 100 valence electrons. The lowest BCUT2D eigenvalue weighted by atomic mass is 9.84. The fourth-order valence-corrected chi connectivity index (χ4v) is 3.12. The van der Waals surface area contributed by atoms with Gasteiger partial charge in [0, 0.05) is 12.6 Å². The first kappa shape index (κ1) is 13.9. The number of nitrogens with one attached hydrogen (secondary N) is 1. The van der Waals surface area contributed by atoms with Crippen molar-refractivity contribution in [1.82, 2.24) is 5.32 Å². The average molecular weight is 312 g/mol. The molecule has 18 heavy (non-hydrogen) atoms. The van der Waals surface area contributed by atoms with Gasteiger partial charge in [0.15, 0.2) is 0 Å². The van der Waals surface area contributed by atoms with Crippen molar-refractivity contribution in [1.29, 1.82) is 0 Å². The molecule has 1 aromatic carbocycles. The highest BCUT2D eigenvalue weighted by Crippen LogP contribution is 2.27. The van der Waals surface area contributed by atoms with Gasteiger partial charge >= 0.3 is 0 Å². The summed E-state index contributed by atoms with van der Waals surface area (Å²) in [5.74, 6) is 1.26. The third-order valence-corrected chi connectivity index (χ3v) is 4.67. The largest absolute Gasteiger partial charge is 0.507 e. The fraction of sp³-hybridized carbons (Fsp3) is 0.600. The number of aromatic hydroxyl groups is 1. The summed E-state index contributed by atoms with van der Waals surface area (Å²) in [5.41, 5.74) is 1.22. The van der Waals surface area contributed by atoms with Crippen molar-refractivity contribution >= 4 is 15.9 Å². The predicted octanol–water partition coefficient (Wildman–Crippen LogP) is 4.21. The van der Waals surface area contributed by atoms with Crippen molar-refractivity contribution in [3.63, 3.8) is 0 Å². The molecule has 0 aliphatic heterocycles. The molecule has 1 aliphatic carbocycles. The van der Waals surface area contributed by atoms with Gasteiger partial charge < -0.3 is 10.4 Å². The number of hydrogen-bond acceptors (Lipinski definition) is 2. The maximum Gasteiger partial charge on any atom is 0.129 e. The van der Waals surface area contributed by atoms with Crippen LogP contribution in [0.3, 0.4) is 0 Å². The van der Waals surface area contributed by atoms with Crippen molar-refractivity contribution in [2.24, 2.45) is 5.92 Å². The molecule has 0 saturated heterocycles. The van der Waals surface area contributed by atoms with E-state index in [2.05, 4.69) is 28.2 Å². The third kappa shape index (κ3) is 3.72. The van der Waals surface area contributed by atoms with Gasteiger partial charge in [-0.1, -0.05) is 19.4 Å². The molecular weight excluding hydrogens is 290 g/mol. The lowest BCUT2D eigenvalue weighted by molar-refractivity contribution is 0.285. The minimum absolute atomic E-state index is 0.308. The Bertz CT molecular complexity index is 386. The van der Waals surface area contributed by atoms with Crippen LogP contribution in [0.5, 0.6) is 5.75 Å². The molecule has 3 heteroatoms. The molecule has 0 heterocycles. The summed E-state index contributed by atoms with van der Waals surface area (Å²) < 4.78 is 0.775. The maximum atomic E-state index is 9.45. The monoisotopic (exact) mass is 311 g/mol. The van der Waals surface area contributed by atoms with Crippen LogP contribution in [-0.2, 0) is 6.54 Å². The number of benzene rings is 1. The lowest BCUT2D eigenvalue weighted by Crippen LogP contribution is -2.32. The van der Waals surface area contributed by atoms with Crippen molar-refractivity contribution in [2.75, 3.05) is 0 Å². The van der Waals surface area contributed by atoms with E-state index in [0.717, 1.165) is 16.9 Å². The number of phenols is 1. The second-order valence-corrected chi connectivity index (χ2v) is 6.15. The molecule has 0 spiro atoms. The Morgan fingerprint density at radius 3 is 2.61 bits per heavy atom. The van der Waals surface area contributed by atoms with Crippen LogP contribution in [0.2, 0.25) is 0 Å². The van der Waals surface area contributed by atoms with E-state index in [-0.39, 0.29) is 0 Å². The molecule has 2 nitrogen and oxygen atoms in total. The number of phenolic OH excluding ortho intramolecular Hbond substituents is 1. The fourth-order valence-electron chi connectivity index (χ4n) is 2.70. The van der Waals surface area contributed by atoms with Crippen LogP contribution in [0.1, 0.15) is 44.6 Å². The summed E-state index contributed by atoms with van der Waals surface area (Å²) in [4.78, 5) is 0. The van der Waals surface area contributed by atoms with Gasteiger partial charge in [0.05, 0.1) is 4.47 Å². The Balaban J connectivity index is 1.79. The molecule has 0 unspecified atom stereocenters. The van der Waals surface area contributed by atoms with Crippen LogP contribution in [0.4, 0.5) is 0 Å². The van der Waals surface area contributed by atoms with E-state index >= 15 is 0 Å². The molecule has 0 aromatic heterocycles. The molecule has 1 fully saturated rings. The van der Waals surface area contributed by atoms with Crippen LogP contribution in [0.15, 0.2) is 22.7 Å². The van der Waals surface area contributed by atoms with E-state index in [1.807, 2.05) is 12.1 Å². The van der Waals surface area contributed by atoms with Crippen molar-refractivity contribution in [3.05, 3.63) is 28.2 Å². The average Bonchev–Trinajstić information content (AvgIpc) is 2.41. The molecule has 0 amide bonds. The quantitative estimate of drug-likeness (QED) is 0.873. The van der Waals surface area contributed by atoms with E-state index in [0.29, 0.717) is 11.8 Å². The van der Waals surface area contributed by atoms with E-state index in [1.165, 1.54) is 37.7 Å². The summed E-state index contributed by atoms with van der Waals surface area (Å²) in [6, 6.07) is 6.38. The zero-order valence-corrected chi connectivity index (χ0v) is 12.5. The molecule has 0 radical (unpaired) electrons. The predicted molar refractivity (Wildman–Crippen MR) is 78.7 cm³/mol. The second-order valence-electron chi connectivity index (χ2n) is 5.29. The standard InChI is InChI=1S/C15H22BrNO/c1-2-11-3-6-13(7-4-11)17-10-12-5-8-15(18)14(16)9-12/h5,8-9,11,13,17-18H,2-4,6-7,10H2,1H3. The first-order valence-corrected chi connectivity index (χ1v) is 7.69. The smallest absolute Gasteiger partial charge is 0.129 e. The first-order chi connectivity index (χ1) is 8.69.